The van der Waals surface area contributed by atoms with Gasteiger partial charge in [-0.15, -0.1) is 0 Å². The predicted octanol–water partition coefficient (Wildman–Crippen LogP) is 11.2. The van der Waals surface area contributed by atoms with Crippen LogP contribution in [-0.4, -0.2) is 140 Å². The van der Waals surface area contributed by atoms with Crippen LogP contribution in [0.15, 0.2) is 48.6 Å². The Labute approximate surface area is 467 Å². The predicted molar refractivity (Wildman–Crippen MR) is 309 cm³/mol. The number of carbonyl (C=O) groups is 1. The molecule has 2 fully saturated rings. The van der Waals surface area contributed by atoms with Crippen LogP contribution in [0.1, 0.15) is 251 Å². The molecule has 450 valence electrons. The van der Waals surface area contributed by atoms with Gasteiger partial charge in [0.1, 0.15) is 48.8 Å². The standard InChI is InChI=1S/C63H115NO13/c1-3-5-7-9-11-13-15-16-17-18-19-20-21-22-23-24-25-26-27-28-29-30-31-32-33-34-35-36-37-38-40-42-44-46-52(67)51(64-55(68)47-45-43-41-39-14-12-10-8-6-4-2)50-74-62-60(73)58(71)61(54(49-66)76-62)77-63-59(72)57(70)56(69)53(48-65)75-63/h8,10,33-34,37-38,44,46,51-54,56-63,65-67,69-73H,3-7,9,11-32,35-36,39-43,45,47-50H2,1-2H3,(H,64,68)/b10-8-,34-33+,38-37+,46-44+. The first kappa shape index (κ1) is 71.1. The van der Waals surface area contributed by atoms with E-state index in [1.54, 1.807) is 6.08 Å². The summed E-state index contributed by atoms with van der Waals surface area (Å²) >= 11 is 0. The van der Waals surface area contributed by atoms with Gasteiger partial charge >= 0.3 is 0 Å². The van der Waals surface area contributed by atoms with E-state index >= 15 is 0 Å². The second-order valence-electron chi connectivity index (χ2n) is 22.2. The minimum absolute atomic E-state index is 0.258. The average Bonchev–Trinajstić information content (AvgIpc) is 3.44. The molecule has 2 aliphatic heterocycles. The summed E-state index contributed by atoms with van der Waals surface area (Å²) in [6.45, 7) is 2.70. The number of aliphatic hydroxyl groups excluding tert-OH is 8. The molecule has 0 aromatic heterocycles. The summed E-state index contributed by atoms with van der Waals surface area (Å²) < 4.78 is 22.7. The van der Waals surface area contributed by atoms with Crippen LogP contribution in [0, 0.1) is 0 Å². The van der Waals surface area contributed by atoms with Gasteiger partial charge in [0.25, 0.3) is 0 Å². The van der Waals surface area contributed by atoms with Crippen LogP contribution in [0.3, 0.4) is 0 Å². The van der Waals surface area contributed by atoms with Crippen molar-refractivity contribution in [1.29, 1.82) is 0 Å². The molecule has 0 spiro atoms. The van der Waals surface area contributed by atoms with Gasteiger partial charge in [-0.1, -0.05) is 229 Å². The maximum atomic E-state index is 13.2. The van der Waals surface area contributed by atoms with Crippen molar-refractivity contribution in [2.45, 2.75) is 325 Å². The van der Waals surface area contributed by atoms with E-state index in [9.17, 15) is 45.6 Å². The molecule has 0 bridgehead atoms. The lowest BCUT2D eigenvalue weighted by Crippen LogP contribution is -2.65. The summed E-state index contributed by atoms with van der Waals surface area (Å²) in [5, 5.41) is 86.9. The molecule has 2 saturated heterocycles. The molecule has 12 atom stereocenters. The van der Waals surface area contributed by atoms with Crippen molar-refractivity contribution in [3.8, 4) is 0 Å². The molecule has 9 N–H and O–H groups in total. The smallest absolute Gasteiger partial charge is 0.220 e. The Hall–Kier alpha value is -2.05. The van der Waals surface area contributed by atoms with E-state index in [1.165, 1.54) is 148 Å². The Morgan fingerprint density at radius 2 is 0.857 bits per heavy atom. The number of carbonyl (C=O) groups excluding carboxylic acids is 1. The van der Waals surface area contributed by atoms with Gasteiger partial charge in [0.15, 0.2) is 12.6 Å². The van der Waals surface area contributed by atoms with Gasteiger partial charge < -0.3 is 65.1 Å². The van der Waals surface area contributed by atoms with Crippen LogP contribution in [0.25, 0.3) is 0 Å². The topological polar surface area (TPSA) is 228 Å². The normalized spacial score (nSPS) is 25.0. The second-order valence-corrected chi connectivity index (χ2v) is 22.2. The molecule has 0 radical (unpaired) electrons. The molecule has 77 heavy (non-hydrogen) atoms. The lowest BCUT2D eigenvalue weighted by molar-refractivity contribution is -0.359. The van der Waals surface area contributed by atoms with E-state index in [-0.39, 0.29) is 18.9 Å². The molecular formula is C63H115NO13. The highest BCUT2D eigenvalue weighted by Gasteiger charge is 2.51. The Bertz CT molecular complexity index is 1480. The fraction of sp³-hybridized carbons (Fsp3) is 0.857. The Balaban J connectivity index is 1.66. The number of hydrogen-bond donors (Lipinski definition) is 9. The lowest BCUT2D eigenvalue weighted by Gasteiger charge is -2.46. The molecule has 0 saturated carbocycles. The third kappa shape index (κ3) is 34.1. The number of rotatable bonds is 50. The monoisotopic (exact) mass is 1090 g/mol. The molecule has 0 aliphatic carbocycles. The fourth-order valence-corrected chi connectivity index (χ4v) is 10.2. The van der Waals surface area contributed by atoms with Crippen molar-refractivity contribution >= 4 is 5.91 Å². The number of ether oxygens (including phenoxy) is 4. The molecule has 2 aliphatic rings. The molecule has 0 aromatic rings. The Kier molecular flexibility index (Phi) is 44.9. The van der Waals surface area contributed by atoms with Gasteiger partial charge in [-0.05, 0) is 64.2 Å². The van der Waals surface area contributed by atoms with E-state index in [2.05, 4.69) is 55.6 Å². The quantitative estimate of drug-likeness (QED) is 0.0204. The summed E-state index contributed by atoms with van der Waals surface area (Å²) in [5.41, 5.74) is 0. The van der Waals surface area contributed by atoms with Crippen molar-refractivity contribution in [2.75, 3.05) is 19.8 Å². The molecule has 2 heterocycles. The number of unbranched alkanes of at least 4 members (excludes halogenated alkanes) is 31. The number of allylic oxidation sites excluding steroid dienone is 7. The first-order valence-corrected chi connectivity index (χ1v) is 31.4. The lowest BCUT2D eigenvalue weighted by atomic mass is 9.97. The largest absolute Gasteiger partial charge is 0.394 e. The maximum Gasteiger partial charge on any atom is 0.220 e. The van der Waals surface area contributed by atoms with Gasteiger partial charge in [-0.2, -0.15) is 0 Å². The summed E-state index contributed by atoms with van der Waals surface area (Å²) in [6, 6.07) is -0.942. The third-order valence-corrected chi connectivity index (χ3v) is 15.2. The van der Waals surface area contributed by atoms with E-state index in [0.717, 1.165) is 70.6 Å². The van der Waals surface area contributed by atoms with Crippen LogP contribution in [0.2, 0.25) is 0 Å². The molecule has 12 unspecified atom stereocenters. The van der Waals surface area contributed by atoms with E-state index in [0.29, 0.717) is 12.8 Å². The van der Waals surface area contributed by atoms with E-state index < -0.39 is 86.8 Å². The zero-order valence-corrected chi connectivity index (χ0v) is 48.5. The minimum atomic E-state index is -1.79. The van der Waals surface area contributed by atoms with E-state index in [1.807, 2.05) is 6.08 Å². The number of aliphatic hydroxyl groups is 8. The Morgan fingerprint density at radius 3 is 1.32 bits per heavy atom. The zero-order valence-electron chi connectivity index (χ0n) is 48.5. The van der Waals surface area contributed by atoms with Gasteiger partial charge in [0.05, 0.1) is 32.0 Å². The van der Waals surface area contributed by atoms with Crippen molar-refractivity contribution in [1.82, 2.24) is 5.32 Å². The molecule has 2 rings (SSSR count). The van der Waals surface area contributed by atoms with Crippen molar-refractivity contribution < 1.29 is 64.6 Å². The van der Waals surface area contributed by atoms with Crippen molar-refractivity contribution in [3.63, 3.8) is 0 Å². The first-order valence-electron chi connectivity index (χ1n) is 31.4. The van der Waals surface area contributed by atoms with Gasteiger partial charge in [-0.3, -0.25) is 4.79 Å². The highest BCUT2D eigenvalue weighted by atomic mass is 16.7. The van der Waals surface area contributed by atoms with Gasteiger partial charge in [-0.25, -0.2) is 0 Å². The fourth-order valence-electron chi connectivity index (χ4n) is 10.2. The molecule has 14 heteroatoms. The Morgan fingerprint density at radius 1 is 0.455 bits per heavy atom. The number of amides is 1. The van der Waals surface area contributed by atoms with Crippen molar-refractivity contribution in [2.24, 2.45) is 0 Å². The highest BCUT2D eigenvalue weighted by Crippen LogP contribution is 2.30. The zero-order chi connectivity index (χ0) is 56.0. The van der Waals surface area contributed by atoms with Crippen LogP contribution >= 0.6 is 0 Å². The second kappa shape index (κ2) is 48.6. The molecule has 14 nitrogen and oxygen atoms in total. The van der Waals surface area contributed by atoms with Crippen LogP contribution in [-0.2, 0) is 23.7 Å². The van der Waals surface area contributed by atoms with Crippen LogP contribution < -0.4 is 5.32 Å². The molecule has 1 amide bonds. The summed E-state index contributed by atoms with van der Waals surface area (Å²) in [4.78, 5) is 13.2. The van der Waals surface area contributed by atoms with Crippen LogP contribution in [0.4, 0.5) is 0 Å². The summed E-state index contributed by atoms with van der Waals surface area (Å²) in [5.74, 6) is -0.266. The summed E-state index contributed by atoms with van der Waals surface area (Å²) in [7, 11) is 0. The first-order chi connectivity index (χ1) is 37.6. The molecular weight excluding hydrogens is 979 g/mol. The minimum Gasteiger partial charge on any atom is -0.394 e. The average molecular weight is 1090 g/mol. The van der Waals surface area contributed by atoms with Gasteiger partial charge in [0, 0.05) is 6.42 Å². The van der Waals surface area contributed by atoms with Crippen molar-refractivity contribution in [3.05, 3.63) is 48.6 Å². The van der Waals surface area contributed by atoms with Crippen LogP contribution in [0.5, 0.6) is 0 Å². The maximum absolute atomic E-state index is 13.2. The number of nitrogens with one attached hydrogen (secondary N) is 1. The van der Waals surface area contributed by atoms with E-state index in [4.69, 9.17) is 18.9 Å². The number of hydrogen-bond acceptors (Lipinski definition) is 13. The highest BCUT2D eigenvalue weighted by molar-refractivity contribution is 5.76. The summed E-state index contributed by atoms with van der Waals surface area (Å²) in [6.07, 6.45) is 44.9. The molecule has 0 aromatic carbocycles. The third-order valence-electron chi connectivity index (χ3n) is 15.2. The SMILES string of the molecule is CCC/C=C\CCCCCCCC(=O)NC(COC1OC(CO)C(OC2OC(CO)C(O)C(O)C2O)C(O)C1O)C(O)/C=C/CC/C=C/CC/C=C/CCCCCCCCCCCCCCCCCCCCCCCCC. The van der Waals surface area contributed by atoms with Gasteiger partial charge in [0.2, 0.25) is 5.91 Å².